The Bertz CT molecular complexity index is 317. The maximum Gasteiger partial charge on any atom is 0.248 e. The SMILES string of the molecule is [2H]c1cc(C(N)=O)cc([2H])c1I. The summed E-state index contributed by atoms with van der Waals surface area (Å²) < 4.78 is 15.2. The summed E-state index contributed by atoms with van der Waals surface area (Å²) >= 11 is 1.88. The number of amides is 1. The Labute approximate surface area is 75.4 Å². The zero-order chi connectivity index (χ0) is 9.30. The van der Waals surface area contributed by atoms with Gasteiger partial charge in [-0.2, -0.15) is 0 Å². The molecule has 3 heteroatoms. The van der Waals surface area contributed by atoms with Crippen LogP contribution in [-0.4, -0.2) is 5.91 Å². The van der Waals surface area contributed by atoms with E-state index in [2.05, 4.69) is 0 Å². The third kappa shape index (κ3) is 1.70. The van der Waals surface area contributed by atoms with Gasteiger partial charge in [0.15, 0.2) is 0 Å². The first-order valence-corrected chi connectivity index (χ1v) is 3.67. The molecule has 0 saturated heterocycles. The van der Waals surface area contributed by atoms with Gasteiger partial charge >= 0.3 is 0 Å². The van der Waals surface area contributed by atoms with Crippen LogP contribution < -0.4 is 5.73 Å². The largest absolute Gasteiger partial charge is 0.366 e. The lowest BCUT2D eigenvalue weighted by Gasteiger charge is -1.92. The lowest BCUT2D eigenvalue weighted by Crippen LogP contribution is -2.10. The molecule has 1 aromatic carbocycles. The molecule has 0 aromatic heterocycles. The number of carbonyl (C=O) groups excluding carboxylic acids is 1. The van der Waals surface area contributed by atoms with E-state index in [-0.39, 0.29) is 17.6 Å². The number of benzene rings is 1. The van der Waals surface area contributed by atoms with E-state index in [1.54, 1.807) is 0 Å². The van der Waals surface area contributed by atoms with Crippen LogP contribution in [0, 0.1) is 3.57 Å². The lowest BCUT2D eigenvalue weighted by atomic mass is 10.2. The number of halogens is 1. The smallest absolute Gasteiger partial charge is 0.248 e. The van der Waals surface area contributed by atoms with Crippen LogP contribution in [0.2, 0.25) is 0 Å². The van der Waals surface area contributed by atoms with Gasteiger partial charge in [0.25, 0.3) is 0 Å². The van der Waals surface area contributed by atoms with Crippen molar-refractivity contribution >= 4 is 28.5 Å². The Kier molecular flexibility index (Phi) is 1.54. The fourth-order valence-corrected chi connectivity index (χ4v) is 0.819. The van der Waals surface area contributed by atoms with Crippen molar-refractivity contribution in [3.05, 3.63) is 33.4 Å². The van der Waals surface area contributed by atoms with Crippen LogP contribution in [0.4, 0.5) is 0 Å². The van der Waals surface area contributed by atoms with E-state index >= 15 is 0 Å². The molecule has 0 aliphatic heterocycles. The Morgan fingerprint density at radius 1 is 1.60 bits per heavy atom. The first-order valence-electron chi connectivity index (χ1n) is 3.59. The van der Waals surface area contributed by atoms with Crippen molar-refractivity contribution in [2.45, 2.75) is 0 Å². The van der Waals surface area contributed by atoms with E-state index in [0.717, 1.165) is 0 Å². The van der Waals surface area contributed by atoms with Crippen molar-refractivity contribution in [2.24, 2.45) is 5.73 Å². The maximum atomic E-state index is 10.7. The topological polar surface area (TPSA) is 43.1 Å². The highest BCUT2D eigenvalue weighted by Gasteiger charge is 1.96. The van der Waals surface area contributed by atoms with E-state index in [4.69, 9.17) is 8.48 Å². The van der Waals surface area contributed by atoms with Gasteiger partial charge in [-0.05, 0) is 46.8 Å². The fraction of sp³-hybridized carbons (Fsp3) is 0. The van der Waals surface area contributed by atoms with E-state index in [0.29, 0.717) is 3.57 Å². The normalized spacial score (nSPS) is 12.1. The van der Waals surface area contributed by atoms with Gasteiger partial charge < -0.3 is 5.73 Å². The second-order valence-electron chi connectivity index (χ2n) is 1.71. The van der Waals surface area contributed by atoms with E-state index in [1.807, 2.05) is 22.6 Å². The van der Waals surface area contributed by atoms with Crippen molar-refractivity contribution in [3.63, 3.8) is 0 Å². The van der Waals surface area contributed by atoms with Crippen LogP contribution in [0.5, 0.6) is 0 Å². The van der Waals surface area contributed by atoms with Gasteiger partial charge in [0.1, 0.15) is 0 Å². The van der Waals surface area contributed by atoms with Crippen LogP contribution in [0.3, 0.4) is 0 Å². The van der Waals surface area contributed by atoms with Gasteiger partial charge in [0, 0.05) is 9.13 Å². The van der Waals surface area contributed by atoms with Gasteiger partial charge in [-0.1, -0.05) is 0 Å². The zero-order valence-electron chi connectivity index (χ0n) is 7.02. The van der Waals surface area contributed by atoms with Crippen molar-refractivity contribution in [2.75, 3.05) is 0 Å². The van der Waals surface area contributed by atoms with Crippen molar-refractivity contribution in [3.8, 4) is 0 Å². The number of carbonyl (C=O) groups is 1. The summed E-state index contributed by atoms with van der Waals surface area (Å²) in [5.41, 5.74) is 5.21. The minimum atomic E-state index is -0.603. The molecule has 0 aliphatic carbocycles. The summed E-state index contributed by atoms with van der Waals surface area (Å²) in [6.45, 7) is 0. The number of nitrogens with two attached hydrogens (primary N) is 1. The molecular formula is C7H6INO. The molecule has 10 heavy (non-hydrogen) atoms. The van der Waals surface area contributed by atoms with Gasteiger partial charge in [0.05, 0.1) is 2.74 Å². The fourth-order valence-electron chi connectivity index (χ4n) is 0.508. The Hall–Kier alpha value is -0.580. The van der Waals surface area contributed by atoms with Crippen molar-refractivity contribution < 1.29 is 7.54 Å². The molecule has 0 aliphatic rings. The number of primary amides is 1. The molecule has 52 valence electrons. The number of hydrogen-bond donors (Lipinski definition) is 1. The van der Waals surface area contributed by atoms with Crippen LogP contribution in [-0.2, 0) is 0 Å². The second-order valence-corrected chi connectivity index (χ2v) is 2.79. The summed E-state index contributed by atoms with van der Waals surface area (Å²) in [6.07, 6.45) is 0. The van der Waals surface area contributed by atoms with Gasteiger partial charge in [-0.25, -0.2) is 0 Å². The summed E-state index contributed by atoms with van der Waals surface area (Å²) in [5.74, 6) is -0.603. The first-order chi connectivity index (χ1) is 5.52. The highest BCUT2D eigenvalue weighted by molar-refractivity contribution is 14.1. The molecule has 0 heterocycles. The molecule has 2 N–H and O–H groups in total. The molecule has 1 amide bonds. The molecule has 0 unspecified atom stereocenters. The maximum absolute atomic E-state index is 10.7. The van der Waals surface area contributed by atoms with E-state index in [1.165, 1.54) is 12.1 Å². The van der Waals surface area contributed by atoms with Crippen LogP contribution >= 0.6 is 22.6 Å². The van der Waals surface area contributed by atoms with Crippen molar-refractivity contribution in [1.29, 1.82) is 0 Å². The average Bonchev–Trinajstić information content (AvgIpc) is 1.99. The van der Waals surface area contributed by atoms with E-state index in [9.17, 15) is 4.79 Å². The third-order valence-corrected chi connectivity index (χ3v) is 1.62. The quantitative estimate of drug-likeness (QED) is 0.751. The minimum Gasteiger partial charge on any atom is -0.366 e. The Balaban J connectivity index is 3.31. The summed E-state index contributed by atoms with van der Waals surface area (Å²) in [7, 11) is 0. The Morgan fingerprint density at radius 3 is 2.50 bits per heavy atom. The molecule has 1 rings (SSSR count). The number of hydrogen-bond acceptors (Lipinski definition) is 1. The molecule has 0 radical (unpaired) electrons. The summed E-state index contributed by atoms with van der Waals surface area (Å²) in [4.78, 5) is 10.7. The summed E-state index contributed by atoms with van der Waals surface area (Å²) in [6, 6.07) is 3.05. The van der Waals surface area contributed by atoms with Gasteiger partial charge in [-0.3, -0.25) is 4.79 Å². The second kappa shape index (κ2) is 3.01. The van der Waals surface area contributed by atoms with Crippen LogP contribution in [0.25, 0.3) is 0 Å². The highest BCUT2D eigenvalue weighted by atomic mass is 127. The lowest BCUT2D eigenvalue weighted by molar-refractivity contribution is 0.100. The molecular weight excluding hydrogens is 241 g/mol. The molecule has 2 nitrogen and oxygen atoms in total. The molecule has 0 spiro atoms. The van der Waals surface area contributed by atoms with Gasteiger partial charge in [-0.15, -0.1) is 0 Å². The molecule has 0 atom stereocenters. The number of rotatable bonds is 1. The van der Waals surface area contributed by atoms with Crippen molar-refractivity contribution in [1.82, 2.24) is 0 Å². The monoisotopic (exact) mass is 249 g/mol. The third-order valence-electron chi connectivity index (χ3n) is 0.993. The molecule has 0 bridgehead atoms. The van der Waals surface area contributed by atoms with Crippen LogP contribution in [0.1, 0.15) is 13.1 Å². The summed E-state index contributed by atoms with van der Waals surface area (Å²) in [5, 5.41) is 0. The van der Waals surface area contributed by atoms with E-state index < -0.39 is 5.91 Å². The zero-order valence-corrected chi connectivity index (χ0v) is 7.18. The standard InChI is InChI=1S/C7H6INO/c8-6-3-1-5(2-4-6)7(9)10/h1-4H,(H2,9,10)/i3D,4D. The Morgan fingerprint density at radius 2 is 2.10 bits per heavy atom. The molecule has 0 saturated carbocycles. The highest BCUT2D eigenvalue weighted by Crippen LogP contribution is 2.05. The first kappa shape index (κ1) is 5.12. The van der Waals surface area contributed by atoms with Gasteiger partial charge in [0.2, 0.25) is 5.91 Å². The molecule has 1 aromatic rings. The average molecular weight is 249 g/mol. The molecule has 0 fully saturated rings. The predicted octanol–water partition coefficient (Wildman–Crippen LogP) is 1.39. The predicted molar refractivity (Wildman–Crippen MR) is 47.7 cm³/mol. The minimum absolute atomic E-state index is 0.164. The van der Waals surface area contributed by atoms with Crippen LogP contribution in [0.15, 0.2) is 24.2 Å².